The molecule has 18 nitrogen and oxygen atoms in total. The number of hydrogen-bond donors (Lipinski definition) is 0. The summed E-state index contributed by atoms with van der Waals surface area (Å²) in [6.45, 7) is 6.11. The Morgan fingerprint density at radius 3 is 1.95 bits per heavy atom. The first-order chi connectivity index (χ1) is 18.9. The van der Waals surface area contributed by atoms with E-state index >= 15 is 0 Å². The number of methoxy groups -OCH3 is 1. The molecule has 222 valence electrons. The molecule has 0 aromatic heterocycles. The van der Waals surface area contributed by atoms with Gasteiger partial charge in [-0.1, -0.05) is 10.2 Å². The zero-order valence-corrected chi connectivity index (χ0v) is 22.8. The predicted octanol–water partition coefficient (Wildman–Crippen LogP) is 1.40. The fraction of sp³-hybridized carbons (Fsp3) is 0.864. The average molecular weight is 573 g/mol. The molecule has 3 rings (SSSR count). The third-order valence-corrected chi connectivity index (χ3v) is 6.15. The number of ether oxygens (including phenoxy) is 9. The Morgan fingerprint density at radius 2 is 1.38 bits per heavy atom. The van der Waals surface area contributed by atoms with Gasteiger partial charge in [0.1, 0.15) is 43.1 Å². The zero-order chi connectivity index (χ0) is 29.6. The second-order valence-corrected chi connectivity index (χ2v) is 9.56. The molecule has 3 aliphatic heterocycles. The van der Waals surface area contributed by atoms with Crippen LogP contribution in [-0.2, 0) is 57.0 Å². The van der Waals surface area contributed by atoms with Gasteiger partial charge in [0.2, 0.25) is 0 Å². The molecule has 0 saturated carbocycles. The smallest absolute Gasteiger partial charge is 0.303 e. The predicted molar refractivity (Wildman–Crippen MR) is 128 cm³/mol. The number of carbonyl (C=O) groups is 3. The van der Waals surface area contributed by atoms with Crippen LogP contribution in [-0.4, -0.2) is 105 Å². The highest BCUT2D eigenvalue weighted by Crippen LogP contribution is 2.39. The third kappa shape index (κ3) is 7.50. The van der Waals surface area contributed by atoms with Gasteiger partial charge in [-0.25, -0.2) is 0 Å². The van der Waals surface area contributed by atoms with Gasteiger partial charge in [0, 0.05) is 37.7 Å². The molecule has 0 bridgehead atoms. The molecule has 0 aliphatic carbocycles. The van der Waals surface area contributed by atoms with Crippen molar-refractivity contribution in [2.45, 2.75) is 102 Å². The number of nitrogens with zero attached hydrogens (tertiary/aromatic N) is 6. The molecule has 18 heteroatoms. The monoisotopic (exact) mass is 572 g/mol. The minimum absolute atomic E-state index is 0.253. The van der Waals surface area contributed by atoms with Crippen LogP contribution in [0.25, 0.3) is 20.9 Å². The number of carbonyl (C=O) groups excluding carboxylic acids is 3. The number of esters is 3. The Balaban J connectivity index is 1.89. The zero-order valence-electron chi connectivity index (χ0n) is 22.8. The van der Waals surface area contributed by atoms with Crippen molar-refractivity contribution in [3.63, 3.8) is 0 Å². The topological polar surface area (TPSA) is 232 Å². The van der Waals surface area contributed by atoms with Crippen molar-refractivity contribution >= 4 is 17.9 Å². The van der Waals surface area contributed by atoms with E-state index < -0.39 is 91.6 Å². The van der Waals surface area contributed by atoms with E-state index in [9.17, 15) is 19.9 Å². The molecule has 3 heterocycles. The van der Waals surface area contributed by atoms with E-state index in [1.165, 1.54) is 14.0 Å². The molecular formula is C22H32N6O12. The first-order valence-electron chi connectivity index (χ1n) is 12.3. The van der Waals surface area contributed by atoms with Crippen molar-refractivity contribution in [3.8, 4) is 0 Å². The molecule has 0 spiro atoms. The van der Waals surface area contributed by atoms with E-state index in [0.717, 1.165) is 13.8 Å². The van der Waals surface area contributed by atoms with E-state index in [-0.39, 0.29) is 6.61 Å². The van der Waals surface area contributed by atoms with E-state index in [2.05, 4.69) is 20.1 Å². The maximum Gasteiger partial charge on any atom is 0.303 e. The summed E-state index contributed by atoms with van der Waals surface area (Å²) in [5.41, 5.74) is 18.3. The van der Waals surface area contributed by atoms with E-state index in [0.29, 0.717) is 0 Å². The van der Waals surface area contributed by atoms with Crippen LogP contribution >= 0.6 is 0 Å². The summed E-state index contributed by atoms with van der Waals surface area (Å²) in [5.74, 6) is -3.21. The molecule has 0 aromatic rings. The van der Waals surface area contributed by atoms with Gasteiger partial charge in [0.15, 0.2) is 30.6 Å². The molecule has 40 heavy (non-hydrogen) atoms. The molecule has 0 radical (unpaired) electrons. The van der Waals surface area contributed by atoms with Gasteiger partial charge in [-0.2, -0.15) is 0 Å². The summed E-state index contributed by atoms with van der Waals surface area (Å²) in [6, 6.07) is -2.21. The SMILES string of the molecule is CO[C@@H]1O[C@H](CO[C@H]2O[C@H](COC(C)=O)[C@H](OC(C)=O)[C@H](OC(C)=O)[C@H]2N=[N+]=[N-])[C@@H]2OC(C)(C)O[C@@H]2[C@H]1N=[N+]=[N-]. The molecule has 0 amide bonds. The number of azide groups is 2. The van der Waals surface area contributed by atoms with Crippen LogP contribution in [0.4, 0.5) is 0 Å². The molecular weight excluding hydrogens is 540 g/mol. The van der Waals surface area contributed by atoms with Gasteiger partial charge >= 0.3 is 17.9 Å². The molecule has 0 unspecified atom stereocenters. The molecule has 3 saturated heterocycles. The normalized spacial score (nSPS) is 36.2. The highest BCUT2D eigenvalue weighted by atomic mass is 16.8. The fourth-order valence-corrected chi connectivity index (χ4v) is 4.76. The van der Waals surface area contributed by atoms with E-state index in [1.54, 1.807) is 13.8 Å². The van der Waals surface area contributed by atoms with Gasteiger partial charge in [0.05, 0.1) is 6.61 Å². The molecule has 3 aliphatic rings. The van der Waals surface area contributed by atoms with E-state index in [1.807, 2.05) is 0 Å². The Kier molecular flexibility index (Phi) is 10.5. The maximum absolute atomic E-state index is 12.0. The quantitative estimate of drug-likeness (QED) is 0.119. The second-order valence-electron chi connectivity index (χ2n) is 9.56. The Bertz CT molecular complexity index is 1050. The largest absolute Gasteiger partial charge is 0.463 e. The van der Waals surface area contributed by atoms with Crippen molar-refractivity contribution < 1.29 is 57.0 Å². The van der Waals surface area contributed by atoms with Gasteiger partial charge in [-0.15, -0.1) is 0 Å². The van der Waals surface area contributed by atoms with Crippen LogP contribution in [0, 0.1) is 0 Å². The highest BCUT2D eigenvalue weighted by molar-refractivity contribution is 5.68. The van der Waals surface area contributed by atoms with Crippen molar-refractivity contribution in [1.82, 2.24) is 0 Å². The van der Waals surface area contributed by atoms with Gasteiger partial charge in [0.25, 0.3) is 0 Å². The lowest BCUT2D eigenvalue weighted by Crippen LogP contribution is -2.62. The fourth-order valence-electron chi connectivity index (χ4n) is 4.76. The first-order valence-corrected chi connectivity index (χ1v) is 12.3. The van der Waals surface area contributed by atoms with Crippen LogP contribution < -0.4 is 0 Å². The summed E-state index contributed by atoms with van der Waals surface area (Å²) >= 11 is 0. The minimum Gasteiger partial charge on any atom is -0.463 e. The first kappa shape index (κ1) is 31.3. The van der Waals surface area contributed by atoms with Crippen LogP contribution in [0.3, 0.4) is 0 Å². The lowest BCUT2D eigenvalue weighted by atomic mass is 9.96. The van der Waals surface area contributed by atoms with Crippen molar-refractivity contribution in [3.05, 3.63) is 20.9 Å². The highest BCUT2D eigenvalue weighted by Gasteiger charge is 2.56. The summed E-state index contributed by atoms with van der Waals surface area (Å²) in [4.78, 5) is 41.0. The summed E-state index contributed by atoms with van der Waals surface area (Å²) < 4.78 is 50.9. The Hall–Kier alpha value is -3.21. The lowest BCUT2D eigenvalue weighted by molar-refractivity contribution is -0.293. The van der Waals surface area contributed by atoms with Gasteiger partial charge in [-0.05, 0) is 24.9 Å². The van der Waals surface area contributed by atoms with Crippen molar-refractivity contribution in [1.29, 1.82) is 0 Å². The molecule has 0 N–H and O–H groups in total. The molecule has 0 aromatic carbocycles. The van der Waals surface area contributed by atoms with Crippen LogP contribution in [0.1, 0.15) is 34.6 Å². The Morgan fingerprint density at radius 1 is 0.800 bits per heavy atom. The number of hydrogen-bond acceptors (Lipinski definition) is 14. The van der Waals surface area contributed by atoms with Crippen molar-refractivity contribution in [2.75, 3.05) is 20.3 Å². The summed E-state index contributed by atoms with van der Waals surface area (Å²) in [5, 5.41) is 7.44. The standard InChI is InChI=1S/C22H32N6O12/c1-9(29)33-7-12-16(35-10(2)30)18(36-11(3)31)14(25-27-23)21(38-12)34-8-13-17-19(40-22(4,5)39-17)15(26-28-24)20(32-6)37-13/h12-21H,7-8H2,1-6H3/t12-,13-,14-,15-,16+,17+,18-,19-,20-,21+/m1/s1. The average Bonchev–Trinajstić information content (AvgIpc) is 3.20. The summed E-state index contributed by atoms with van der Waals surface area (Å²) in [7, 11) is 1.37. The van der Waals surface area contributed by atoms with E-state index in [4.69, 9.17) is 48.2 Å². The second kappa shape index (κ2) is 13.4. The van der Waals surface area contributed by atoms with Gasteiger partial charge in [-0.3, -0.25) is 14.4 Å². The minimum atomic E-state index is -1.39. The maximum atomic E-state index is 12.0. The van der Waals surface area contributed by atoms with Crippen LogP contribution in [0.5, 0.6) is 0 Å². The van der Waals surface area contributed by atoms with Crippen LogP contribution in [0.2, 0.25) is 0 Å². The third-order valence-electron chi connectivity index (χ3n) is 6.15. The Labute approximate surface area is 228 Å². The number of fused-ring (bicyclic) bond motifs is 1. The lowest BCUT2D eigenvalue weighted by Gasteiger charge is -2.44. The van der Waals surface area contributed by atoms with Crippen molar-refractivity contribution in [2.24, 2.45) is 10.2 Å². The molecule has 10 atom stereocenters. The number of rotatable bonds is 10. The molecule has 3 fully saturated rings. The van der Waals surface area contributed by atoms with Crippen LogP contribution in [0.15, 0.2) is 10.2 Å². The van der Waals surface area contributed by atoms with Gasteiger partial charge < -0.3 is 42.6 Å². The summed E-state index contributed by atoms with van der Waals surface area (Å²) in [6.07, 6.45) is -8.61.